The summed E-state index contributed by atoms with van der Waals surface area (Å²) in [6.45, 7) is 7.50. The number of nitrogens with zero attached hydrogens (tertiary/aromatic N) is 2. The average molecular weight is 460 g/mol. The van der Waals surface area contributed by atoms with Crippen LogP contribution in [0.3, 0.4) is 0 Å². The topological polar surface area (TPSA) is 39.1 Å². The molecule has 1 N–H and O–H groups in total. The van der Waals surface area contributed by atoms with Gasteiger partial charge < -0.3 is 10.1 Å². The highest BCUT2D eigenvalue weighted by atomic mass is 79.9. The average Bonchev–Trinajstić information content (AvgIpc) is 3.15. The minimum Gasteiger partial charge on any atom is -0.373 e. The molecule has 1 aromatic heterocycles. The van der Waals surface area contributed by atoms with Crippen molar-refractivity contribution in [1.82, 2.24) is 15.1 Å². The van der Waals surface area contributed by atoms with Gasteiger partial charge >= 0.3 is 0 Å². The van der Waals surface area contributed by atoms with E-state index in [1.54, 1.807) is 12.1 Å². The monoisotopic (exact) mass is 459 g/mol. The third-order valence-electron chi connectivity index (χ3n) is 6.04. The first-order valence-electron chi connectivity index (χ1n) is 10.3. The van der Waals surface area contributed by atoms with Gasteiger partial charge in [0.05, 0.1) is 18.2 Å². The second-order valence-corrected chi connectivity index (χ2v) is 8.82. The highest BCUT2D eigenvalue weighted by Gasteiger charge is 2.35. The van der Waals surface area contributed by atoms with Gasteiger partial charge in [0.2, 0.25) is 0 Å². The van der Waals surface area contributed by atoms with Crippen LogP contribution in [0.2, 0.25) is 0 Å². The molecule has 0 spiro atoms. The maximum atomic E-state index is 13.5. The molecule has 1 aliphatic rings. The summed E-state index contributed by atoms with van der Waals surface area (Å²) in [6.07, 6.45) is 3.93. The van der Waals surface area contributed by atoms with Crippen LogP contribution in [0.4, 0.5) is 4.39 Å². The number of rotatable bonds is 6. The molecule has 154 valence electrons. The first kappa shape index (κ1) is 20.5. The molecule has 1 fully saturated rings. The summed E-state index contributed by atoms with van der Waals surface area (Å²) in [5.41, 5.74) is 3.14. The molecule has 4 nitrogen and oxygen atoms in total. The van der Waals surface area contributed by atoms with Crippen LogP contribution >= 0.6 is 15.9 Å². The van der Waals surface area contributed by atoms with Crippen molar-refractivity contribution in [1.29, 1.82) is 0 Å². The number of aryl methyl sites for hydroxylation is 1. The fourth-order valence-corrected chi connectivity index (χ4v) is 4.74. The molecule has 2 heterocycles. The predicted octanol–water partition coefficient (Wildman–Crippen LogP) is 5.36. The third kappa shape index (κ3) is 4.25. The lowest BCUT2D eigenvalue weighted by Crippen LogP contribution is -2.43. The molecule has 6 heteroatoms. The third-order valence-corrected chi connectivity index (χ3v) is 6.50. The maximum absolute atomic E-state index is 13.5. The van der Waals surface area contributed by atoms with Gasteiger partial charge in [-0.1, -0.05) is 28.1 Å². The molecule has 1 saturated heterocycles. The second-order valence-electron chi connectivity index (χ2n) is 7.91. The zero-order chi connectivity index (χ0) is 20.4. The van der Waals surface area contributed by atoms with Gasteiger partial charge in [0, 0.05) is 33.6 Å². The standard InChI is InChI=1S/C23H27BrFN3O/c1-3-28-14-17-12-19(24)13-21(22(17)27-28)16(2)29-15-23(8-10-26-11-9-23)18-4-6-20(25)7-5-18/h4-7,12-14,16,26H,3,8-11,15H2,1-2H3. The molecule has 0 aliphatic carbocycles. The van der Waals surface area contributed by atoms with Gasteiger partial charge in [-0.15, -0.1) is 0 Å². The van der Waals surface area contributed by atoms with E-state index < -0.39 is 0 Å². The zero-order valence-electron chi connectivity index (χ0n) is 16.9. The Morgan fingerprint density at radius 2 is 1.97 bits per heavy atom. The molecule has 3 aromatic rings. The number of halogens is 2. The van der Waals surface area contributed by atoms with E-state index in [0.717, 1.165) is 59.0 Å². The maximum Gasteiger partial charge on any atom is 0.123 e. The Labute approximate surface area is 179 Å². The predicted molar refractivity (Wildman–Crippen MR) is 118 cm³/mol. The second kappa shape index (κ2) is 8.54. The van der Waals surface area contributed by atoms with Gasteiger partial charge in [0.15, 0.2) is 0 Å². The number of benzene rings is 2. The Balaban J connectivity index is 1.60. The first-order valence-corrected chi connectivity index (χ1v) is 11.0. The highest BCUT2D eigenvalue weighted by molar-refractivity contribution is 9.10. The largest absolute Gasteiger partial charge is 0.373 e. The summed E-state index contributed by atoms with van der Waals surface area (Å²) in [6, 6.07) is 11.1. The van der Waals surface area contributed by atoms with Crippen molar-refractivity contribution in [2.45, 2.75) is 44.8 Å². The van der Waals surface area contributed by atoms with E-state index in [1.807, 2.05) is 16.8 Å². The Bertz CT molecular complexity index is 980. The van der Waals surface area contributed by atoms with Gasteiger partial charge in [-0.25, -0.2) is 4.39 Å². The Morgan fingerprint density at radius 1 is 1.24 bits per heavy atom. The number of ether oxygens (including phenoxy) is 1. The lowest BCUT2D eigenvalue weighted by Gasteiger charge is -2.38. The van der Waals surface area contributed by atoms with E-state index >= 15 is 0 Å². The Kier molecular flexibility index (Phi) is 6.04. The number of hydrogen-bond acceptors (Lipinski definition) is 3. The fraction of sp³-hybridized carbons (Fsp3) is 0.435. The highest BCUT2D eigenvalue weighted by Crippen LogP contribution is 2.37. The van der Waals surface area contributed by atoms with Crippen molar-refractivity contribution in [2.24, 2.45) is 0 Å². The molecule has 29 heavy (non-hydrogen) atoms. The van der Waals surface area contributed by atoms with Gasteiger partial charge in [0.25, 0.3) is 0 Å². The minimum absolute atomic E-state index is 0.0950. The number of hydrogen-bond donors (Lipinski definition) is 1. The zero-order valence-corrected chi connectivity index (χ0v) is 18.5. The molecule has 1 unspecified atom stereocenters. The van der Waals surface area contributed by atoms with Crippen molar-refractivity contribution in [2.75, 3.05) is 19.7 Å². The van der Waals surface area contributed by atoms with Crippen LogP contribution in [-0.4, -0.2) is 29.5 Å². The van der Waals surface area contributed by atoms with Crippen LogP contribution in [0.1, 0.15) is 43.9 Å². The molecule has 0 amide bonds. The van der Waals surface area contributed by atoms with E-state index in [9.17, 15) is 4.39 Å². The van der Waals surface area contributed by atoms with Crippen LogP contribution in [-0.2, 0) is 16.7 Å². The van der Waals surface area contributed by atoms with Crippen molar-refractivity contribution >= 4 is 26.8 Å². The van der Waals surface area contributed by atoms with Crippen LogP contribution in [0.25, 0.3) is 10.9 Å². The van der Waals surface area contributed by atoms with Gasteiger partial charge in [0.1, 0.15) is 5.82 Å². The number of piperidine rings is 1. The molecule has 2 aromatic carbocycles. The normalized spacial score (nSPS) is 17.5. The molecule has 0 bridgehead atoms. The van der Waals surface area contributed by atoms with Gasteiger partial charge in [-0.05, 0) is 69.6 Å². The summed E-state index contributed by atoms with van der Waals surface area (Å²) >= 11 is 3.63. The van der Waals surface area contributed by atoms with Crippen LogP contribution in [0.5, 0.6) is 0 Å². The lowest BCUT2D eigenvalue weighted by atomic mass is 9.74. The fourth-order valence-electron chi connectivity index (χ4n) is 4.25. The summed E-state index contributed by atoms with van der Waals surface area (Å²) in [5, 5.41) is 9.28. The van der Waals surface area contributed by atoms with Crippen molar-refractivity contribution in [3.63, 3.8) is 0 Å². The number of fused-ring (bicyclic) bond motifs is 1. The quantitative estimate of drug-likeness (QED) is 0.539. The van der Waals surface area contributed by atoms with Crippen LogP contribution in [0, 0.1) is 5.82 Å². The summed E-state index contributed by atoms with van der Waals surface area (Å²) in [7, 11) is 0. The van der Waals surface area contributed by atoms with Gasteiger partial charge in [-0.2, -0.15) is 5.10 Å². The SMILES string of the molecule is CCn1cc2cc(Br)cc(C(C)OCC3(c4ccc(F)cc4)CCNCC3)c2n1. The first-order chi connectivity index (χ1) is 14.0. The van der Waals surface area contributed by atoms with E-state index in [1.165, 1.54) is 0 Å². The molecule has 1 aliphatic heterocycles. The van der Waals surface area contributed by atoms with Crippen molar-refractivity contribution in [3.8, 4) is 0 Å². The minimum atomic E-state index is -0.199. The van der Waals surface area contributed by atoms with E-state index in [2.05, 4.69) is 53.4 Å². The molecular formula is C23H27BrFN3O. The molecule has 0 radical (unpaired) electrons. The summed E-state index contributed by atoms with van der Waals surface area (Å²) in [4.78, 5) is 0. The summed E-state index contributed by atoms with van der Waals surface area (Å²) in [5.74, 6) is -0.199. The Morgan fingerprint density at radius 3 is 2.66 bits per heavy atom. The molecule has 1 atom stereocenters. The van der Waals surface area contributed by atoms with Crippen LogP contribution < -0.4 is 5.32 Å². The smallest absolute Gasteiger partial charge is 0.123 e. The van der Waals surface area contributed by atoms with E-state index in [0.29, 0.717) is 6.61 Å². The molecular weight excluding hydrogens is 433 g/mol. The molecule has 0 saturated carbocycles. The molecule has 4 rings (SSSR count). The number of nitrogens with one attached hydrogen (secondary N) is 1. The lowest BCUT2D eigenvalue weighted by molar-refractivity contribution is 0.0172. The van der Waals surface area contributed by atoms with Gasteiger partial charge in [-0.3, -0.25) is 4.68 Å². The van der Waals surface area contributed by atoms with Crippen molar-refractivity contribution < 1.29 is 9.13 Å². The van der Waals surface area contributed by atoms with Crippen molar-refractivity contribution in [3.05, 3.63) is 64.0 Å². The number of aromatic nitrogens is 2. The van der Waals surface area contributed by atoms with E-state index in [4.69, 9.17) is 9.84 Å². The summed E-state index contributed by atoms with van der Waals surface area (Å²) < 4.78 is 22.9. The van der Waals surface area contributed by atoms with Crippen LogP contribution in [0.15, 0.2) is 47.1 Å². The Hall–Kier alpha value is -1.76. The van der Waals surface area contributed by atoms with E-state index in [-0.39, 0.29) is 17.3 Å².